The molecule has 0 bridgehead atoms. The molecule has 2 heterocycles. The van der Waals surface area contributed by atoms with Crippen LogP contribution in [-0.4, -0.2) is 53.2 Å². The van der Waals surface area contributed by atoms with Crippen LogP contribution in [0.25, 0.3) is 0 Å². The van der Waals surface area contributed by atoms with Gasteiger partial charge in [0.2, 0.25) is 5.78 Å². The van der Waals surface area contributed by atoms with Crippen LogP contribution in [0.15, 0.2) is 24.5 Å². The molecular formula is C14H17ClN4O2. The number of aromatic nitrogens is 3. The van der Waals surface area contributed by atoms with Crippen LogP contribution >= 0.6 is 11.6 Å². The van der Waals surface area contributed by atoms with Gasteiger partial charge in [-0.1, -0.05) is 11.6 Å². The highest BCUT2D eigenvalue weighted by molar-refractivity contribution is 6.29. The Morgan fingerprint density at radius 3 is 2.71 bits per heavy atom. The number of rotatable bonds is 6. The molecule has 0 N–H and O–H groups in total. The molecule has 21 heavy (non-hydrogen) atoms. The van der Waals surface area contributed by atoms with Crippen molar-refractivity contribution in [1.82, 2.24) is 19.7 Å². The molecule has 2 aromatic heterocycles. The number of halogens is 1. The summed E-state index contributed by atoms with van der Waals surface area (Å²) in [4.78, 5) is 18.6. The Kier molecular flexibility index (Phi) is 4.93. The molecule has 0 saturated heterocycles. The zero-order valence-corrected chi connectivity index (χ0v) is 13.0. The number of ketones is 1. The summed E-state index contributed by atoms with van der Waals surface area (Å²) in [5.74, 6) is 0.265. The number of hydrogen-bond donors (Lipinski definition) is 0. The molecular weight excluding hydrogens is 292 g/mol. The molecule has 0 atom stereocenters. The van der Waals surface area contributed by atoms with Crippen molar-refractivity contribution in [3.8, 4) is 5.75 Å². The van der Waals surface area contributed by atoms with Crippen LogP contribution in [0.3, 0.4) is 0 Å². The van der Waals surface area contributed by atoms with E-state index in [0.29, 0.717) is 28.7 Å². The minimum absolute atomic E-state index is 0.188. The Morgan fingerprint density at radius 2 is 2.14 bits per heavy atom. The van der Waals surface area contributed by atoms with Gasteiger partial charge in [0.25, 0.3) is 0 Å². The molecule has 0 aliphatic rings. The van der Waals surface area contributed by atoms with E-state index in [2.05, 4.69) is 10.1 Å². The summed E-state index contributed by atoms with van der Waals surface area (Å²) in [5.41, 5.74) is 0.868. The average molecular weight is 309 g/mol. The van der Waals surface area contributed by atoms with Crippen LogP contribution in [-0.2, 0) is 6.54 Å². The Bertz CT molecular complexity index is 622. The third-order valence-corrected chi connectivity index (χ3v) is 3.21. The summed E-state index contributed by atoms with van der Waals surface area (Å²) in [7, 11) is 5.45. The Balaban J connectivity index is 2.34. The molecule has 0 spiro atoms. The van der Waals surface area contributed by atoms with Gasteiger partial charge in [0.15, 0.2) is 11.4 Å². The molecule has 0 aliphatic heterocycles. The second-order valence-corrected chi connectivity index (χ2v) is 5.17. The van der Waals surface area contributed by atoms with E-state index in [1.165, 1.54) is 13.3 Å². The van der Waals surface area contributed by atoms with E-state index in [1.54, 1.807) is 23.0 Å². The summed E-state index contributed by atoms with van der Waals surface area (Å²) >= 11 is 5.75. The van der Waals surface area contributed by atoms with Gasteiger partial charge in [0.05, 0.1) is 19.9 Å². The lowest BCUT2D eigenvalue weighted by Gasteiger charge is -2.12. The predicted octanol–water partition coefficient (Wildman–Crippen LogP) is 1.73. The second kappa shape index (κ2) is 6.69. The van der Waals surface area contributed by atoms with Crippen molar-refractivity contribution in [1.29, 1.82) is 0 Å². The number of hydrogen-bond acceptors (Lipinski definition) is 5. The third-order valence-electron chi connectivity index (χ3n) is 2.99. The van der Waals surface area contributed by atoms with E-state index in [-0.39, 0.29) is 5.78 Å². The summed E-state index contributed by atoms with van der Waals surface area (Å²) < 4.78 is 6.88. The standard InChI is InChI=1S/C14H17ClN4O2/c1-18(2)6-7-19-13(11(21-3)9-17-19)14(20)10-4-5-12(15)16-8-10/h4-5,8-9H,6-7H2,1-3H3. The Labute approximate surface area is 128 Å². The quantitative estimate of drug-likeness (QED) is 0.601. The van der Waals surface area contributed by atoms with Crippen LogP contribution in [0.4, 0.5) is 0 Å². The number of ether oxygens (including phenoxy) is 1. The summed E-state index contributed by atoms with van der Waals surface area (Å²) in [6, 6.07) is 3.22. The Hall–Kier alpha value is -1.92. The molecule has 2 rings (SSSR count). The first-order valence-corrected chi connectivity index (χ1v) is 6.81. The number of likely N-dealkylation sites (N-methyl/N-ethyl adjacent to an activating group) is 1. The second-order valence-electron chi connectivity index (χ2n) is 4.79. The molecule has 112 valence electrons. The third kappa shape index (κ3) is 3.59. The van der Waals surface area contributed by atoms with Gasteiger partial charge >= 0.3 is 0 Å². The van der Waals surface area contributed by atoms with Gasteiger partial charge in [0, 0.05) is 18.3 Å². The van der Waals surface area contributed by atoms with Crippen molar-refractivity contribution in [3.63, 3.8) is 0 Å². The van der Waals surface area contributed by atoms with Crippen LogP contribution in [0.5, 0.6) is 5.75 Å². The highest BCUT2D eigenvalue weighted by atomic mass is 35.5. The lowest BCUT2D eigenvalue weighted by molar-refractivity contribution is 0.102. The van der Waals surface area contributed by atoms with Crippen LogP contribution < -0.4 is 4.74 Å². The Morgan fingerprint density at radius 1 is 1.38 bits per heavy atom. The SMILES string of the molecule is COc1cnn(CCN(C)C)c1C(=O)c1ccc(Cl)nc1. The van der Waals surface area contributed by atoms with E-state index in [4.69, 9.17) is 16.3 Å². The highest BCUT2D eigenvalue weighted by Crippen LogP contribution is 2.21. The molecule has 0 unspecified atom stereocenters. The topological polar surface area (TPSA) is 60.2 Å². The predicted molar refractivity (Wildman–Crippen MR) is 80.0 cm³/mol. The number of pyridine rings is 1. The lowest BCUT2D eigenvalue weighted by Crippen LogP contribution is -2.22. The van der Waals surface area contributed by atoms with Crippen LogP contribution in [0.2, 0.25) is 5.15 Å². The average Bonchev–Trinajstić information content (AvgIpc) is 2.88. The van der Waals surface area contributed by atoms with Gasteiger partial charge in [-0.3, -0.25) is 9.48 Å². The molecule has 2 aromatic rings. The zero-order chi connectivity index (χ0) is 15.4. The van der Waals surface area contributed by atoms with Crippen molar-refractivity contribution in [2.75, 3.05) is 27.7 Å². The molecule has 0 aliphatic carbocycles. The minimum atomic E-state index is -0.188. The normalized spacial score (nSPS) is 10.9. The summed E-state index contributed by atoms with van der Waals surface area (Å²) in [6.07, 6.45) is 3.00. The molecule has 0 fully saturated rings. The van der Waals surface area contributed by atoms with Gasteiger partial charge < -0.3 is 9.64 Å². The van der Waals surface area contributed by atoms with Gasteiger partial charge in [-0.15, -0.1) is 0 Å². The fraction of sp³-hybridized carbons (Fsp3) is 0.357. The van der Waals surface area contributed by atoms with E-state index in [0.717, 1.165) is 6.54 Å². The maximum Gasteiger partial charge on any atom is 0.216 e. The maximum absolute atomic E-state index is 12.6. The van der Waals surface area contributed by atoms with Crippen molar-refractivity contribution < 1.29 is 9.53 Å². The van der Waals surface area contributed by atoms with Crippen molar-refractivity contribution >= 4 is 17.4 Å². The summed E-state index contributed by atoms with van der Waals surface area (Å²) in [6.45, 7) is 1.36. The fourth-order valence-electron chi connectivity index (χ4n) is 1.86. The van der Waals surface area contributed by atoms with E-state index >= 15 is 0 Å². The molecule has 0 saturated carbocycles. The fourth-order valence-corrected chi connectivity index (χ4v) is 1.97. The molecule has 7 heteroatoms. The lowest BCUT2D eigenvalue weighted by atomic mass is 10.1. The van der Waals surface area contributed by atoms with Crippen molar-refractivity contribution in [3.05, 3.63) is 40.9 Å². The first-order valence-electron chi connectivity index (χ1n) is 6.43. The summed E-state index contributed by atoms with van der Waals surface area (Å²) in [5, 5.41) is 4.57. The van der Waals surface area contributed by atoms with E-state index < -0.39 is 0 Å². The molecule has 0 aromatic carbocycles. The monoisotopic (exact) mass is 308 g/mol. The zero-order valence-electron chi connectivity index (χ0n) is 12.2. The molecule has 6 nitrogen and oxygen atoms in total. The van der Waals surface area contributed by atoms with Crippen LogP contribution in [0.1, 0.15) is 16.1 Å². The molecule has 0 amide bonds. The van der Waals surface area contributed by atoms with E-state index in [1.807, 2.05) is 19.0 Å². The van der Waals surface area contributed by atoms with Crippen molar-refractivity contribution in [2.24, 2.45) is 0 Å². The van der Waals surface area contributed by atoms with Gasteiger partial charge in [0.1, 0.15) is 5.15 Å². The van der Waals surface area contributed by atoms with Crippen molar-refractivity contribution in [2.45, 2.75) is 6.54 Å². The van der Waals surface area contributed by atoms with E-state index in [9.17, 15) is 4.79 Å². The maximum atomic E-state index is 12.6. The van der Waals surface area contributed by atoms with Gasteiger partial charge in [-0.05, 0) is 26.2 Å². The van der Waals surface area contributed by atoms with Gasteiger partial charge in [-0.2, -0.15) is 5.10 Å². The first-order chi connectivity index (χ1) is 10.0. The molecule has 0 radical (unpaired) electrons. The first kappa shape index (κ1) is 15.5. The number of methoxy groups -OCH3 is 1. The number of carbonyl (C=O) groups is 1. The smallest absolute Gasteiger partial charge is 0.216 e. The number of nitrogens with zero attached hydrogens (tertiary/aromatic N) is 4. The number of carbonyl (C=O) groups excluding carboxylic acids is 1. The van der Waals surface area contributed by atoms with Crippen LogP contribution in [0, 0.1) is 0 Å². The highest BCUT2D eigenvalue weighted by Gasteiger charge is 2.21. The minimum Gasteiger partial charge on any atom is -0.493 e. The van der Waals surface area contributed by atoms with Gasteiger partial charge in [-0.25, -0.2) is 4.98 Å². The largest absolute Gasteiger partial charge is 0.493 e.